The summed E-state index contributed by atoms with van der Waals surface area (Å²) in [6.45, 7) is 0. The van der Waals surface area contributed by atoms with Crippen LogP contribution in [0.15, 0.2) is 42.6 Å². The molecule has 0 radical (unpaired) electrons. The molecule has 4 nitrogen and oxygen atoms in total. The van der Waals surface area contributed by atoms with E-state index >= 15 is 0 Å². The van der Waals surface area contributed by atoms with Crippen LogP contribution in [0.2, 0.25) is 0 Å². The number of carbonyl (C=O) groups is 2. The first-order valence-corrected chi connectivity index (χ1v) is 5.48. The van der Waals surface area contributed by atoms with Gasteiger partial charge in [-0.1, -0.05) is 24.3 Å². The molecule has 0 saturated heterocycles. The summed E-state index contributed by atoms with van der Waals surface area (Å²) in [4.78, 5) is 26.1. The van der Waals surface area contributed by atoms with E-state index in [9.17, 15) is 9.59 Å². The third-order valence-electron chi connectivity index (χ3n) is 2.58. The fraction of sp³-hybridized carbons (Fsp3) is 0.0714. The van der Waals surface area contributed by atoms with Crippen LogP contribution >= 0.6 is 0 Å². The quantitative estimate of drug-likeness (QED) is 0.834. The summed E-state index contributed by atoms with van der Waals surface area (Å²) < 4.78 is 0. The van der Waals surface area contributed by atoms with Crippen LogP contribution in [0.1, 0.15) is 20.8 Å². The van der Waals surface area contributed by atoms with Gasteiger partial charge >= 0.3 is 0 Å². The van der Waals surface area contributed by atoms with Gasteiger partial charge in [0, 0.05) is 24.4 Å². The van der Waals surface area contributed by atoms with Gasteiger partial charge in [0.15, 0.2) is 0 Å². The molecule has 0 aliphatic carbocycles. The van der Waals surface area contributed by atoms with Gasteiger partial charge in [0.2, 0.25) is 0 Å². The molecule has 0 atom stereocenters. The summed E-state index contributed by atoms with van der Waals surface area (Å²) in [6, 6.07) is 10.7. The average molecular weight is 240 g/mol. The first-order chi connectivity index (χ1) is 8.74. The van der Waals surface area contributed by atoms with Gasteiger partial charge in [0.1, 0.15) is 12.0 Å². The standard InChI is InChI=1S/C14H12N2O2/c1-15-14(18)13-6-5-12(8-16-13)11-4-2-3-10(7-11)9-17/h2-9H,1H3,(H,15,18). The molecule has 1 aromatic heterocycles. The van der Waals surface area contributed by atoms with Gasteiger partial charge in [0.25, 0.3) is 5.91 Å². The topological polar surface area (TPSA) is 59.1 Å². The van der Waals surface area contributed by atoms with Crippen LogP contribution in [0.4, 0.5) is 0 Å². The van der Waals surface area contributed by atoms with Crippen LogP contribution < -0.4 is 5.32 Å². The van der Waals surface area contributed by atoms with Crippen molar-refractivity contribution in [3.63, 3.8) is 0 Å². The highest BCUT2D eigenvalue weighted by Gasteiger charge is 2.05. The number of benzene rings is 1. The third-order valence-corrected chi connectivity index (χ3v) is 2.58. The number of aromatic nitrogens is 1. The smallest absolute Gasteiger partial charge is 0.269 e. The number of hydrogen-bond acceptors (Lipinski definition) is 3. The first kappa shape index (κ1) is 12.0. The van der Waals surface area contributed by atoms with E-state index in [4.69, 9.17) is 0 Å². The number of nitrogens with one attached hydrogen (secondary N) is 1. The summed E-state index contributed by atoms with van der Waals surface area (Å²) in [5.41, 5.74) is 2.75. The lowest BCUT2D eigenvalue weighted by Gasteiger charge is -2.03. The van der Waals surface area contributed by atoms with Crippen molar-refractivity contribution >= 4 is 12.2 Å². The van der Waals surface area contributed by atoms with E-state index in [0.29, 0.717) is 11.3 Å². The molecule has 4 heteroatoms. The zero-order valence-corrected chi connectivity index (χ0v) is 9.88. The number of carbonyl (C=O) groups excluding carboxylic acids is 2. The lowest BCUT2D eigenvalue weighted by molar-refractivity contribution is 0.0958. The Morgan fingerprint density at radius 3 is 2.67 bits per heavy atom. The number of rotatable bonds is 3. The minimum atomic E-state index is -0.219. The largest absolute Gasteiger partial charge is 0.354 e. The van der Waals surface area contributed by atoms with Crippen molar-refractivity contribution in [3.05, 3.63) is 53.9 Å². The number of hydrogen-bond donors (Lipinski definition) is 1. The average Bonchev–Trinajstić information content (AvgIpc) is 2.46. The Balaban J connectivity index is 2.33. The maximum atomic E-state index is 11.3. The normalized spacial score (nSPS) is 9.83. The molecule has 1 N–H and O–H groups in total. The highest BCUT2D eigenvalue weighted by molar-refractivity contribution is 5.92. The number of pyridine rings is 1. The van der Waals surface area contributed by atoms with Crippen molar-refractivity contribution in [2.45, 2.75) is 0 Å². The Hall–Kier alpha value is -2.49. The zero-order chi connectivity index (χ0) is 13.0. The summed E-state index contributed by atoms with van der Waals surface area (Å²) in [7, 11) is 1.56. The fourth-order valence-corrected chi connectivity index (χ4v) is 1.62. The summed E-state index contributed by atoms with van der Waals surface area (Å²) in [5, 5.41) is 2.51. The molecule has 0 saturated carbocycles. The lowest BCUT2D eigenvalue weighted by atomic mass is 10.1. The molecule has 0 spiro atoms. The summed E-state index contributed by atoms with van der Waals surface area (Å²) in [6.07, 6.45) is 2.42. The molecule has 1 aromatic carbocycles. The molecule has 0 aliphatic rings. The second-order valence-corrected chi connectivity index (χ2v) is 3.75. The highest BCUT2D eigenvalue weighted by Crippen LogP contribution is 2.19. The predicted molar refractivity (Wildman–Crippen MR) is 68.5 cm³/mol. The van der Waals surface area contributed by atoms with Gasteiger partial charge in [0.05, 0.1) is 0 Å². The number of nitrogens with zero attached hydrogens (tertiary/aromatic N) is 1. The molecule has 0 fully saturated rings. The monoisotopic (exact) mass is 240 g/mol. The SMILES string of the molecule is CNC(=O)c1ccc(-c2cccc(C=O)c2)cn1. The van der Waals surface area contributed by atoms with Crippen molar-refractivity contribution in [2.75, 3.05) is 7.05 Å². The van der Waals surface area contributed by atoms with Gasteiger partial charge in [-0.25, -0.2) is 0 Å². The van der Waals surface area contributed by atoms with Gasteiger partial charge in [-0.3, -0.25) is 14.6 Å². The van der Waals surface area contributed by atoms with Crippen molar-refractivity contribution in [3.8, 4) is 11.1 Å². The van der Waals surface area contributed by atoms with Gasteiger partial charge in [-0.2, -0.15) is 0 Å². The Kier molecular flexibility index (Phi) is 3.48. The highest BCUT2D eigenvalue weighted by atomic mass is 16.1. The van der Waals surface area contributed by atoms with Gasteiger partial charge in [-0.05, 0) is 17.7 Å². The molecule has 2 aromatic rings. The second-order valence-electron chi connectivity index (χ2n) is 3.75. The molecule has 1 amide bonds. The Morgan fingerprint density at radius 2 is 2.06 bits per heavy atom. The molecular formula is C14H12N2O2. The van der Waals surface area contributed by atoms with Gasteiger partial charge < -0.3 is 5.32 Å². The van der Waals surface area contributed by atoms with E-state index in [-0.39, 0.29) is 5.91 Å². The minimum absolute atomic E-state index is 0.219. The van der Waals surface area contributed by atoms with E-state index in [1.807, 2.05) is 18.2 Å². The predicted octanol–water partition coefficient (Wildman–Crippen LogP) is 1.92. The molecule has 0 aliphatic heterocycles. The van der Waals surface area contributed by atoms with Crippen molar-refractivity contribution in [1.82, 2.24) is 10.3 Å². The molecular weight excluding hydrogens is 228 g/mol. The van der Waals surface area contributed by atoms with Crippen LogP contribution in [-0.2, 0) is 0 Å². The van der Waals surface area contributed by atoms with Crippen molar-refractivity contribution < 1.29 is 9.59 Å². The maximum Gasteiger partial charge on any atom is 0.269 e. The van der Waals surface area contributed by atoms with Crippen LogP contribution in [0.25, 0.3) is 11.1 Å². The minimum Gasteiger partial charge on any atom is -0.354 e. The van der Waals surface area contributed by atoms with Crippen LogP contribution in [0, 0.1) is 0 Å². The van der Waals surface area contributed by atoms with Crippen molar-refractivity contribution in [1.29, 1.82) is 0 Å². The van der Waals surface area contributed by atoms with E-state index in [1.54, 1.807) is 31.4 Å². The summed E-state index contributed by atoms with van der Waals surface area (Å²) >= 11 is 0. The molecule has 0 bridgehead atoms. The Bertz CT molecular complexity index is 577. The molecule has 18 heavy (non-hydrogen) atoms. The van der Waals surface area contributed by atoms with Crippen molar-refractivity contribution in [2.24, 2.45) is 0 Å². The molecule has 0 unspecified atom stereocenters. The van der Waals surface area contributed by atoms with E-state index in [2.05, 4.69) is 10.3 Å². The second kappa shape index (κ2) is 5.23. The van der Waals surface area contributed by atoms with E-state index in [0.717, 1.165) is 17.4 Å². The Morgan fingerprint density at radius 1 is 1.22 bits per heavy atom. The lowest BCUT2D eigenvalue weighted by Crippen LogP contribution is -2.18. The van der Waals surface area contributed by atoms with Gasteiger partial charge in [-0.15, -0.1) is 0 Å². The maximum absolute atomic E-state index is 11.3. The van der Waals surface area contributed by atoms with Crippen LogP contribution in [-0.4, -0.2) is 24.2 Å². The third kappa shape index (κ3) is 2.43. The zero-order valence-electron chi connectivity index (χ0n) is 9.88. The summed E-state index contributed by atoms with van der Waals surface area (Å²) in [5.74, 6) is -0.219. The molecule has 90 valence electrons. The fourth-order valence-electron chi connectivity index (χ4n) is 1.62. The Labute approximate surface area is 105 Å². The first-order valence-electron chi connectivity index (χ1n) is 5.48. The van der Waals surface area contributed by atoms with E-state index < -0.39 is 0 Å². The van der Waals surface area contributed by atoms with Crippen LogP contribution in [0.3, 0.4) is 0 Å². The number of amides is 1. The molecule has 2 rings (SSSR count). The molecule has 1 heterocycles. The number of aldehydes is 1. The van der Waals surface area contributed by atoms with E-state index in [1.165, 1.54) is 0 Å². The van der Waals surface area contributed by atoms with Crippen LogP contribution in [0.5, 0.6) is 0 Å².